The van der Waals surface area contributed by atoms with Gasteiger partial charge in [-0.05, 0) is 79.6 Å². The van der Waals surface area contributed by atoms with Gasteiger partial charge in [-0.15, -0.1) is 0 Å². The molecule has 3 aromatic rings. The van der Waals surface area contributed by atoms with Crippen molar-refractivity contribution in [2.45, 2.75) is 56.5 Å². The predicted octanol–water partition coefficient (Wildman–Crippen LogP) is 5.55. The van der Waals surface area contributed by atoms with Crippen molar-refractivity contribution < 1.29 is 13.2 Å². The van der Waals surface area contributed by atoms with Gasteiger partial charge in [-0.25, -0.2) is 8.42 Å². The van der Waals surface area contributed by atoms with Crippen LogP contribution in [0.15, 0.2) is 71.6 Å². The molecule has 3 atom stereocenters. The molecule has 0 bridgehead atoms. The van der Waals surface area contributed by atoms with Gasteiger partial charge in [0.1, 0.15) is 0 Å². The maximum Gasteiger partial charge on any atom is 0.243 e. The smallest absolute Gasteiger partial charge is 0.243 e. The number of fused-ring (bicyclic) bond motifs is 1. The molecular formula is C31H38N2O3S. The van der Waals surface area contributed by atoms with Crippen LogP contribution in [-0.4, -0.2) is 63.1 Å². The van der Waals surface area contributed by atoms with Gasteiger partial charge in [-0.2, -0.15) is 4.31 Å². The summed E-state index contributed by atoms with van der Waals surface area (Å²) in [5.41, 5.74) is 7.12. The van der Waals surface area contributed by atoms with E-state index in [9.17, 15) is 8.42 Å². The summed E-state index contributed by atoms with van der Waals surface area (Å²) in [6, 6.07) is 23.0. The minimum Gasteiger partial charge on any atom is -0.383 e. The predicted molar refractivity (Wildman–Crippen MR) is 149 cm³/mol. The molecule has 2 fully saturated rings. The lowest BCUT2D eigenvalue weighted by atomic mass is 9.74. The van der Waals surface area contributed by atoms with Crippen LogP contribution in [0.2, 0.25) is 0 Å². The van der Waals surface area contributed by atoms with Crippen LogP contribution in [0.25, 0.3) is 11.1 Å². The molecule has 5 nitrogen and oxygen atoms in total. The van der Waals surface area contributed by atoms with E-state index in [-0.39, 0.29) is 18.0 Å². The first-order valence-electron chi connectivity index (χ1n) is 13.3. The van der Waals surface area contributed by atoms with Gasteiger partial charge in [0.2, 0.25) is 10.0 Å². The summed E-state index contributed by atoms with van der Waals surface area (Å²) in [5, 5.41) is 0. The van der Waals surface area contributed by atoms with Crippen molar-refractivity contribution in [3.63, 3.8) is 0 Å². The van der Waals surface area contributed by atoms with Crippen LogP contribution in [0.5, 0.6) is 0 Å². The third-order valence-electron chi connectivity index (χ3n) is 8.41. The average Bonchev–Trinajstić information content (AvgIpc) is 2.87. The molecule has 196 valence electrons. The Kier molecular flexibility index (Phi) is 7.55. The van der Waals surface area contributed by atoms with Crippen molar-refractivity contribution in [3.8, 4) is 11.1 Å². The Hall–Kier alpha value is -2.51. The molecule has 0 amide bonds. The van der Waals surface area contributed by atoms with E-state index in [1.807, 2.05) is 25.1 Å². The van der Waals surface area contributed by atoms with Crippen LogP contribution in [0, 0.1) is 20.8 Å². The minimum atomic E-state index is -3.57. The topological polar surface area (TPSA) is 49.9 Å². The zero-order chi connectivity index (χ0) is 26.2. The molecule has 0 spiro atoms. The lowest BCUT2D eigenvalue weighted by Gasteiger charge is -2.57. The van der Waals surface area contributed by atoms with E-state index in [1.54, 1.807) is 17.5 Å². The first kappa shape index (κ1) is 26.1. The molecule has 2 aliphatic rings. The normalized spacial score (nSPS) is 23.1. The van der Waals surface area contributed by atoms with Crippen LogP contribution in [0.3, 0.4) is 0 Å². The fourth-order valence-electron chi connectivity index (χ4n) is 6.21. The number of ether oxygens (including phenoxy) is 1. The number of aryl methyl sites for hydroxylation is 2. The highest BCUT2D eigenvalue weighted by atomic mass is 32.2. The van der Waals surface area contributed by atoms with Crippen LogP contribution >= 0.6 is 0 Å². The van der Waals surface area contributed by atoms with E-state index in [1.165, 1.54) is 27.8 Å². The van der Waals surface area contributed by atoms with Crippen molar-refractivity contribution in [3.05, 3.63) is 89.0 Å². The zero-order valence-electron chi connectivity index (χ0n) is 22.4. The molecule has 2 heterocycles. The van der Waals surface area contributed by atoms with Gasteiger partial charge < -0.3 is 4.74 Å². The largest absolute Gasteiger partial charge is 0.383 e. The summed E-state index contributed by atoms with van der Waals surface area (Å²) < 4.78 is 34.9. The van der Waals surface area contributed by atoms with Crippen molar-refractivity contribution >= 4 is 10.0 Å². The number of benzene rings is 3. The Morgan fingerprint density at radius 1 is 0.865 bits per heavy atom. The van der Waals surface area contributed by atoms with Gasteiger partial charge >= 0.3 is 0 Å². The summed E-state index contributed by atoms with van der Waals surface area (Å²) >= 11 is 0. The highest BCUT2D eigenvalue weighted by molar-refractivity contribution is 7.89. The quantitative estimate of drug-likeness (QED) is 0.430. The number of sulfonamides is 1. The van der Waals surface area contributed by atoms with E-state index >= 15 is 0 Å². The van der Waals surface area contributed by atoms with E-state index in [0.29, 0.717) is 24.6 Å². The number of nitrogens with zero attached hydrogens (tertiary/aromatic N) is 2. The third kappa shape index (κ3) is 4.88. The molecule has 2 saturated heterocycles. The second-order valence-electron chi connectivity index (χ2n) is 10.6. The summed E-state index contributed by atoms with van der Waals surface area (Å²) in [6.45, 7) is 8.89. The second-order valence-corrected chi connectivity index (χ2v) is 12.5. The van der Waals surface area contributed by atoms with Crippen molar-refractivity contribution in [2.75, 3.05) is 33.4 Å². The molecule has 0 aliphatic carbocycles. The molecule has 37 heavy (non-hydrogen) atoms. The van der Waals surface area contributed by atoms with Gasteiger partial charge in [-0.1, -0.05) is 60.7 Å². The Balaban J connectivity index is 1.46. The van der Waals surface area contributed by atoms with Crippen LogP contribution in [0.1, 0.15) is 41.0 Å². The average molecular weight is 519 g/mol. The second kappa shape index (κ2) is 10.7. The SMILES string of the molecule is COC[C@@H]1[C@@H](c2ccc(-c3cccc(C)c3C)cc2)[C@@H]2CN(S(=O)(=O)c3ccccc3C)CCCCN12. The van der Waals surface area contributed by atoms with Gasteiger partial charge in [0.15, 0.2) is 0 Å². The lowest BCUT2D eigenvalue weighted by Crippen LogP contribution is -2.68. The van der Waals surface area contributed by atoms with Gasteiger partial charge in [0.05, 0.1) is 11.5 Å². The third-order valence-corrected chi connectivity index (χ3v) is 10.4. The monoisotopic (exact) mass is 518 g/mol. The van der Waals surface area contributed by atoms with Crippen LogP contribution in [0.4, 0.5) is 0 Å². The maximum absolute atomic E-state index is 13.7. The first-order valence-corrected chi connectivity index (χ1v) is 14.7. The summed E-state index contributed by atoms with van der Waals surface area (Å²) in [7, 11) is -1.81. The minimum absolute atomic E-state index is 0.130. The Labute approximate surface area is 222 Å². The fourth-order valence-corrected chi connectivity index (χ4v) is 7.93. The number of hydrogen-bond acceptors (Lipinski definition) is 4. The van der Waals surface area contributed by atoms with Crippen LogP contribution in [-0.2, 0) is 14.8 Å². The number of rotatable bonds is 6. The summed E-state index contributed by atoms with van der Waals surface area (Å²) in [6.07, 6.45) is 1.85. The first-order chi connectivity index (χ1) is 17.8. The molecule has 6 heteroatoms. The van der Waals surface area contributed by atoms with Gasteiger partial charge in [0.25, 0.3) is 0 Å². The Morgan fingerprint density at radius 2 is 1.57 bits per heavy atom. The zero-order valence-corrected chi connectivity index (χ0v) is 23.2. The molecule has 3 aromatic carbocycles. The molecule has 0 saturated carbocycles. The van der Waals surface area contributed by atoms with E-state index < -0.39 is 10.0 Å². The summed E-state index contributed by atoms with van der Waals surface area (Å²) in [5.74, 6) is 0.222. The molecule has 2 aliphatic heterocycles. The standard InChI is InChI=1S/C31H38N2O3S/c1-22-11-9-12-27(24(22)3)25-14-16-26(17-15-25)31-28-20-32(18-7-8-19-33(28)29(31)21-36-4)37(34,35)30-13-6-5-10-23(30)2/h5-6,9-17,28-29,31H,7-8,18-21H2,1-4H3/t28-,29+,31-/m0/s1. The summed E-state index contributed by atoms with van der Waals surface area (Å²) in [4.78, 5) is 2.90. The van der Waals surface area contributed by atoms with Crippen molar-refractivity contribution in [1.82, 2.24) is 9.21 Å². The molecular weight excluding hydrogens is 480 g/mol. The molecule has 0 aromatic heterocycles. The van der Waals surface area contributed by atoms with Crippen LogP contribution < -0.4 is 0 Å². The van der Waals surface area contributed by atoms with Crippen molar-refractivity contribution in [1.29, 1.82) is 0 Å². The van der Waals surface area contributed by atoms with Gasteiger partial charge in [0, 0.05) is 38.2 Å². The Bertz CT molecular complexity index is 1350. The molecule has 0 N–H and O–H groups in total. The Morgan fingerprint density at radius 3 is 2.30 bits per heavy atom. The molecule has 0 radical (unpaired) electrons. The van der Waals surface area contributed by atoms with Gasteiger partial charge in [-0.3, -0.25) is 4.90 Å². The highest BCUT2D eigenvalue weighted by Gasteiger charge is 2.50. The maximum atomic E-state index is 13.7. The fraction of sp³-hybridized carbons (Fsp3) is 0.419. The number of methoxy groups -OCH3 is 1. The van der Waals surface area contributed by atoms with E-state index in [0.717, 1.165) is 24.9 Å². The highest BCUT2D eigenvalue weighted by Crippen LogP contribution is 2.43. The van der Waals surface area contributed by atoms with E-state index in [4.69, 9.17) is 4.74 Å². The van der Waals surface area contributed by atoms with Crippen molar-refractivity contribution in [2.24, 2.45) is 0 Å². The molecule has 0 unspecified atom stereocenters. The number of hydrogen-bond donors (Lipinski definition) is 0. The van der Waals surface area contributed by atoms with E-state index in [2.05, 4.69) is 61.2 Å². The molecule has 5 rings (SSSR count). The lowest BCUT2D eigenvalue weighted by molar-refractivity contribution is -0.0635.